The molecule has 0 amide bonds. The number of carbonyl (C=O) groups is 1. The predicted molar refractivity (Wildman–Crippen MR) is 99.5 cm³/mol. The number of carboxylic acid groups (broad SMARTS) is 1. The largest absolute Gasteiger partial charge is 0.479 e. The highest BCUT2D eigenvalue weighted by Gasteiger charge is 2.42. The highest BCUT2D eigenvalue weighted by Crippen LogP contribution is 2.21. The number of aliphatic hydroxyl groups is 1. The zero-order valence-electron chi connectivity index (χ0n) is 14.9. The van der Waals surface area contributed by atoms with Gasteiger partial charge >= 0.3 is 5.97 Å². The highest BCUT2D eigenvalue weighted by atomic mass is 32.2. The van der Waals surface area contributed by atoms with Crippen molar-refractivity contribution in [1.82, 2.24) is 4.98 Å². The molecule has 1 aromatic heterocycles. The van der Waals surface area contributed by atoms with Gasteiger partial charge < -0.3 is 15.9 Å². The van der Waals surface area contributed by atoms with Crippen LogP contribution in [0.4, 0.5) is 0 Å². The molecule has 0 aliphatic carbocycles. The van der Waals surface area contributed by atoms with E-state index in [1.165, 1.54) is 36.6 Å². The Kier molecular flexibility index (Phi) is 8.73. The maximum atomic E-state index is 11.6. The monoisotopic (exact) mass is 354 g/mol. The zero-order valence-corrected chi connectivity index (χ0v) is 15.7. The van der Waals surface area contributed by atoms with Crippen molar-refractivity contribution in [1.29, 1.82) is 0 Å². The molecular formula is C18H30N2O3S. The first kappa shape index (κ1) is 20.9. The minimum absolute atomic E-state index is 0.0771. The lowest BCUT2D eigenvalue weighted by Gasteiger charge is -2.29. The van der Waals surface area contributed by atoms with Crippen molar-refractivity contribution in [2.75, 3.05) is 12.0 Å². The van der Waals surface area contributed by atoms with Gasteiger partial charge in [-0.25, -0.2) is 4.79 Å². The number of hydrogen-bond acceptors (Lipinski definition) is 5. The summed E-state index contributed by atoms with van der Waals surface area (Å²) in [7, 11) is 0. The van der Waals surface area contributed by atoms with Crippen LogP contribution in [0.2, 0.25) is 0 Å². The highest BCUT2D eigenvalue weighted by molar-refractivity contribution is 7.98. The summed E-state index contributed by atoms with van der Waals surface area (Å²) in [6.07, 6.45) is 9.17. The number of nitrogens with two attached hydrogens (primary N) is 1. The third-order valence-electron chi connectivity index (χ3n) is 4.35. The van der Waals surface area contributed by atoms with Gasteiger partial charge in [-0.2, -0.15) is 11.8 Å². The van der Waals surface area contributed by atoms with E-state index in [1.807, 2.05) is 19.2 Å². The Labute approximate surface area is 149 Å². The van der Waals surface area contributed by atoms with Crippen molar-refractivity contribution in [2.45, 2.75) is 64.0 Å². The second kappa shape index (κ2) is 10.0. The molecule has 1 heterocycles. The number of aromatic nitrogens is 1. The molecule has 0 radical (unpaired) electrons. The van der Waals surface area contributed by atoms with Gasteiger partial charge in [-0.05, 0) is 43.2 Å². The van der Waals surface area contributed by atoms with Gasteiger partial charge in [-0.3, -0.25) is 4.98 Å². The molecule has 2 unspecified atom stereocenters. The number of unbranched alkanes of at least 4 members (excludes halogenated alkanes) is 3. The third-order valence-corrected chi connectivity index (χ3v) is 5.04. The molecule has 4 N–H and O–H groups in total. The molecule has 0 aromatic carbocycles. The number of nitrogens with zero attached hydrogens (tertiary/aromatic N) is 1. The summed E-state index contributed by atoms with van der Waals surface area (Å²) in [5, 5.41) is 20.0. The molecule has 0 bridgehead atoms. The van der Waals surface area contributed by atoms with Crippen LogP contribution in [0, 0.1) is 6.92 Å². The van der Waals surface area contributed by atoms with Crippen molar-refractivity contribution in [2.24, 2.45) is 5.73 Å². The van der Waals surface area contributed by atoms with Crippen LogP contribution in [0.15, 0.2) is 12.3 Å². The predicted octanol–water partition coefficient (Wildman–Crippen LogP) is 2.56. The van der Waals surface area contributed by atoms with Crippen LogP contribution in [-0.4, -0.2) is 44.8 Å². The molecule has 1 aromatic rings. The normalized spacial score (nSPS) is 15.0. The maximum Gasteiger partial charge on any atom is 0.337 e. The van der Waals surface area contributed by atoms with Crippen molar-refractivity contribution in [3.8, 4) is 0 Å². The van der Waals surface area contributed by atoms with E-state index in [9.17, 15) is 15.0 Å². The molecule has 0 fully saturated rings. The van der Waals surface area contributed by atoms with Gasteiger partial charge in [0, 0.05) is 24.1 Å². The fourth-order valence-corrected chi connectivity index (χ4v) is 3.32. The lowest BCUT2D eigenvalue weighted by atomic mass is 9.89. The zero-order chi connectivity index (χ0) is 18.2. The van der Waals surface area contributed by atoms with Crippen LogP contribution in [0.25, 0.3) is 0 Å². The molecular weight excluding hydrogens is 324 g/mol. The first-order valence-electron chi connectivity index (χ1n) is 8.49. The van der Waals surface area contributed by atoms with E-state index >= 15 is 0 Å². The number of pyridine rings is 1. The molecule has 2 atom stereocenters. The van der Waals surface area contributed by atoms with Crippen LogP contribution in [0.3, 0.4) is 0 Å². The fraction of sp³-hybridized carbons (Fsp3) is 0.667. The number of rotatable bonds is 11. The van der Waals surface area contributed by atoms with Crippen LogP contribution < -0.4 is 5.73 Å². The van der Waals surface area contributed by atoms with Gasteiger partial charge in [-0.15, -0.1) is 0 Å². The third kappa shape index (κ3) is 5.76. The maximum absolute atomic E-state index is 11.6. The number of aryl methyl sites for hydroxylation is 2. The van der Waals surface area contributed by atoms with Gasteiger partial charge in [-0.1, -0.05) is 26.2 Å². The van der Waals surface area contributed by atoms with Crippen LogP contribution in [0.1, 0.15) is 49.4 Å². The van der Waals surface area contributed by atoms with Crippen LogP contribution in [0.5, 0.6) is 0 Å². The first-order chi connectivity index (χ1) is 11.3. The summed E-state index contributed by atoms with van der Waals surface area (Å²) in [4.78, 5) is 15.9. The average molecular weight is 355 g/mol. The molecule has 0 saturated heterocycles. The minimum atomic E-state index is -2.00. The molecule has 24 heavy (non-hydrogen) atoms. The smallest absolute Gasteiger partial charge is 0.337 e. The molecule has 5 nitrogen and oxygen atoms in total. The van der Waals surface area contributed by atoms with Crippen LogP contribution in [-0.2, 0) is 17.6 Å². The van der Waals surface area contributed by atoms with Crippen molar-refractivity contribution in [3.05, 3.63) is 29.1 Å². The number of thioether (sulfide) groups is 1. The fourth-order valence-electron chi connectivity index (χ4n) is 2.68. The number of carboxylic acids is 1. The lowest BCUT2D eigenvalue weighted by molar-refractivity contribution is -0.160. The molecule has 1 rings (SSSR count). The Hall–Kier alpha value is -1.11. The minimum Gasteiger partial charge on any atom is -0.479 e. The van der Waals surface area contributed by atoms with E-state index in [0.717, 1.165) is 18.4 Å². The molecule has 0 saturated carbocycles. The summed E-state index contributed by atoms with van der Waals surface area (Å²) in [6.45, 7) is 4.19. The van der Waals surface area contributed by atoms with Crippen molar-refractivity contribution in [3.63, 3.8) is 0 Å². The summed E-state index contributed by atoms with van der Waals surface area (Å²) < 4.78 is 0. The van der Waals surface area contributed by atoms with Crippen molar-refractivity contribution >= 4 is 17.7 Å². The molecule has 0 spiro atoms. The van der Waals surface area contributed by atoms with E-state index in [4.69, 9.17) is 5.73 Å². The number of hydrogen-bond donors (Lipinski definition) is 3. The van der Waals surface area contributed by atoms with E-state index in [-0.39, 0.29) is 6.42 Å². The van der Waals surface area contributed by atoms with Gasteiger partial charge in [0.1, 0.15) is 0 Å². The second-order valence-electron chi connectivity index (χ2n) is 6.38. The molecule has 6 heteroatoms. The van der Waals surface area contributed by atoms with E-state index in [2.05, 4.69) is 11.9 Å². The van der Waals surface area contributed by atoms with E-state index in [1.54, 1.807) is 6.20 Å². The van der Waals surface area contributed by atoms with Gasteiger partial charge in [0.15, 0.2) is 5.60 Å². The standard InChI is InChI=1S/C18H30N2O3S/c1-4-5-6-7-8-14-9-15(20-11-13(14)2)10-18(23,17(21)22)16(19)12-24-3/h9,11,16,23H,4-8,10,12,19H2,1-3H3,(H,21,22). The first-order valence-corrected chi connectivity index (χ1v) is 9.89. The number of aliphatic carboxylic acids is 1. The van der Waals surface area contributed by atoms with E-state index in [0.29, 0.717) is 11.4 Å². The molecule has 136 valence electrons. The summed E-state index contributed by atoms with van der Waals surface area (Å²) in [5.41, 5.74) is 6.76. The summed E-state index contributed by atoms with van der Waals surface area (Å²) >= 11 is 1.42. The Balaban J connectivity index is 2.90. The lowest BCUT2D eigenvalue weighted by Crippen LogP contribution is -2.57. The molecule has 0 aliphatic rings. The quantitative estimate of drug-likeness (QED) is 0.529. The summed E-state index contributed by atoms with van der Waals surface area (Å²) in [6, 6.07) is 1.07. The Morgan fingerprint density at radius 2 is 2.12 bits per heavy atom. The van der Waals surface area contributed by atoms with E-state index < -0.39 is 17.6 Å². The Morgan fingerprint density at radius 3 is 2.71 bits per heavy atom. The Morgan fingerprint density at radius 1 is 1.42 bits per heavy atom. The van der Waals surface area contributed by atoms with Gasteiger partial charge in [0.25, 0.3) is 0 Å². The average Bonchev–Trinajstić information content (AvgIpc) is 2.54. The SMILES string of the molecule is CCCCCCc1cc(CC(O)(C(=O)O)C(N)CSC)ncc1C. The van der Waals surface area contributed by atoms with Crippen LogP contribution >= 0.6 is 11.8 Å². The van der Waals surface area contributed by atoms with Crippen molar-refractivity contribution < 1.29 is 15.0 Å². The topological polar surface area (TPSA) is 96.4 Å². The summed E-state index contributed by atoms with van der Waals surface area (Å²) in [5.74, 6) is -0.922. The van der Waals surface area contributed by atoms with Gasteiger partial charge in [0.05, 0.1) is 6.04 Å². The molecule has 0 aliphatic heterocycles. The Bertz CT molecular complexity index is 539. The van der Waals surface area contributed by atoms with Gasteiger partial charge in [0.2, 0.25) is 0 Å². The second-order valence-corrected chi connectivity index (χ2v) is 7.29.